The molecule has 1 heteroatoms. The van der Waals surface area contributed by atoms with Gasteiger partial charge in [0.1, 0.15) is 0 Å². The molecule has 0 aliphatic rings. The Morgan fingerprint density at radius 2 is 1.14 bits per heavy atom. The highest BCUT2D eigenvalue weighted by atomic mass is 28.2. The molecule has 0 spiro atoms. The van der Waals surface area contributed by atoms with Crippen molar-refractivity contribution in [1.29, 1.82) is 0 Å². The van der Waals surface area contributed by atoms with E-state index < -0.39 is 0 Å². The molecule has 0 aromatic rings. The summed E-state index contributed by atoms with van der Waals surface area (Å²) in [6.07, 6.45) is 0. The quantitative estimate of drug-likeness (QED) is 0.483. The summed E-state index contributed by atoms with van der Waals surface area (Å²) in [4.78, 5) is 0. The van der Waals surface area contributed by atoms with Crippen LogP contribution in [0.2, 0.25) is 11.1 Å². The van der Waals surface area contributed by atoms with E-state index in [1.54, 1.807) is 0 Å². The average molecular weight is 115 g/mol. The lowest BCUT2D eigenvalue weighted by Crippen LogP contribution is -1.98. The molecule has 0 N–H and O–H groups in total. The Kier molecular flexibility index (Phi) is 3.35. The third kappa shape index (κ3) is 6.22. The van der Waals surface area contributed by atoms with E-state index in [-0.39, 0.29) is 0 Å². The molecule has 0 unspecified atom stereocenters. The summed E-state index contributed by atoms with van der Waals surface area (Å²) in [5, 5.41) is 0. The van der Waals surface area contributed by atoms with Gasteiger partial charge in [-0.15, -0.1) is 0 Å². The van der Waals surface area contributed by atoms with E-state index in [0.717, 1.165) is 11.1 Å². The highest BCUT2D eigenvalue weighted by Crippen LogP contribution is 2.07. The maximum absolute atomic E-state index is 2.30. The summed E-state index contributed by atoms with van der Waals surface area (Å²) >= 11 is 0. The highest BCUT2D eigenvalue weighted by molar-refractivity contribution is 6.38. The van der Waals surface area contributed by atoms with Crippen LogP contribution in [-0.4, -0.2) is 9.52 Å². The number of rotatable bonds is 2. The topological polar surface area (TPSA) is 0 Å². The van der Waals surface area contributed by atoms with Crippen molar-refractivity contribution in [3.63, 3.8) is 0 Å². The SMILES string of the molecule is CC(C)[SiH]C(C)C. The molecule has 0 fully saturated rings. The van der Waals surface area contributed by atoms with Crippen molar-refractivity contribution >= 4 is 9.52 Å². The standard InChI is InChI=1S/C6H15Si/c1-5(2)7-6(3)4/h5-7H,1-4H3. The number of hydrogen-bond acceptors (Lipinski definition) is 0. The minimum Gasteiger partial charge on any atom is -0.0656 e. The van der Waals surface area contributed by atoms with E-state index in [1.807, 2.05) is 0 Å². The van der Waals surface area contributed by atoms with Crippen molar-refractivity contribution in [2.24, 2.45) is 0 Å². The fourth-order valence-corrected chi connectivity index (χ4v) is 2.31. The van der Waals surface area contributed by atoms with Crippen LogP contribution >= 0.6 is 0 Å². The molecule has 0 heterocycles. The van der Waals surface area contributed by atoms with E-state index >= 15 is 0 Å². The molecule has 0 saturated heterocycles. The van der Waals surface area contributed by atoms with Crippen LogP contribution in [0, 0.1) is 0 Å². The molecule has 0 aliphatic heterocycles. The van der Waals surface area contributed by atoms with Crippen LogP contribution in [0.1, 0.15) is 27.7 Å². The summed E-state index contributed by atoms with van der Waals surface area (Å²) < 4.78 is 0. The minimum absolute atomic E-state index is 0.713. The maximum Gasteiger partial charge on any atom is 0.0335 e. The Balaban J connectivity index is 2.95. The molecule has 0 nitrogen and oxygen atoms in total. The van der Waals surface area contributed by atoms with Crippen molar-refractivity contribution in [1.82, 2.24) is 0 Å². The molecule has 0 amide bonds. The molecule has 0 bridgehead atoms. The van der Waals surface area contributed by atoms with Crippen molar-refractivity contribution in [3.05, 3.63) is 0 Å². The van der Waals surface area contributed by atoms with E-state index in [2.05, 4.69) is 27.7 Å². The fourth-order valence-electron chi connectivity index (χ4n) is 0.770. The minimum atomic E-state index is 0.713. The van der Waals surface area contributed by atoms with Gasteiger partial charge in [-0.2, -0.15) is 0 Å². The molecule has 0 aliphatic carbocycles. The van der Waals surface area contributed by atoms with Crippen LogP contribution in [0.3, 0.4) is 0 Å². The normalized spacial score (nSPS) is 11.1. The average Bonchev–Trinajstić information content (AvgIpc) is 1.27. The van der Waals surface area contributed by atoms with Crippen molar-refractivity contribution in [3.8, 4) is 0 Å². The predicted molar refractivity (Wildman–Crippen MR) is 37.3 cm³/mol. The van der Waals surface area contributed by atoms with Crippen LogP contribution in [0.5, 0.6) is 0 Å². The van der Waals surface area contributed by atoms with Gasteiger partial charge in [0.15, 0.2) is 0 Å². The largest absolute Gasteiger partial charge is 0.0656 e. The van der Waals surface area contributed by atoms with Gasteiger partial charge in [-0.1, -0.05) is 38.8 Å². The smallest absolute Gasteiger partial charge is 0.0335 e. The molecule has 0 saturated carbocycles. The first-order chi connectivity index (χ1) is 3.13. The van der Waals surface area contributed by atoms with Gasteiger partial charge < -0.3 is 0 Å². The van der Waals surface area contributed by atoms with E-state index in [4.69, 9.17) is 0 Å². The van der Waals surface area contributed by atoms with Gasteiger partial charge >= 0.3 is 0 Å². The van der Waals surface area contributed by atoms with Gasteiger partial charge in [0.2, 0.25) is 0 Å². The van der Waals surface area contributed by atoms with Crippen molar-refractivity contribution < 1.29 is 0 Å². The zero-order chi connectivity index (χ0) is 5.86. The Labute approximate surface area is 49.1 Å². The maximum atomic E-state index is 2.30. The molecular weight excluding hydrogens is 100 g/mol. The van der Waals surface area contributed by atoms with Gasteiger partial charge in [0.05, 0.1) is 0 Å². The lowest BCUT2D eigenvalue weighted by atomic mass is 10.5. The molecule has 1 radical (unpaired) electrons. The third-order valence-electron chi connectivity index (χ3n) is 0.770. The van der Waals surface area contributed by atoms with Crippen LogP contribution in [0.15, 0.2) is 0 Å². The second-order valence-corrected chi connectivity index (χ2v) is 5.73. The molecular formula is C6H15Si. The van der Waals surface area contributed by atoms with Crippen LogP contribution in [0.25, 0.3) is 0 Å². The van der Waals surface area contributed by atoms with Gasteiger partial charge in [-0.3, -0.25) is 0 Å². The third-order valence-corrected chi connectivity index (χ3v) is 2.31. The van der Waals surface area contributed by atoms with Gasteiger partial charge in [-0.05, 0) is 0 Å². The first-order valence-corrected chi connectivity index (χ1v) is 4.31. The summed E-state index contributed by atoms with van der Waals surface area (Å²) in [5.41, 5.74) is 1.92. The monoisotopic (exact) mass is 115 g/mol. The number of hydrogen-bond donors (Lipinski definition) is 0. The molecule has 0 aromatic carbocycles. The summed E-state index contributed by atoms with van der Waals surface area (Å²) in [6.45, 7) is 9.20. The zero-order valence-electron chi connectivity index (χ0n) is 5.73. The summed E-state index contributed by atoms with van der Waals surface area (Å²) in [7, 11) is 0.713. The van der Waals surface area contributed by atoms with E-state index in [1.165, 1.54) is 0 Å². The van der Waals surface area contributed by atoms with Crippen molar-refractivity contribution in [2.45, 2.75) is 38.8 Å². The van der Waals surface area contributed by atoms with Gasteiger partial charge in [-0.25, -0.2) is 0 Å². The van der Waals surface area contributed by atoms with Crippen LogP contribution in [0.4, 0.5) is 0 Å². The summed E-state index contributed by atoms with van der Waals surface area (Å²) in [5.74, 6) is 0. The molecule has 7 heavy (non-hydrogen) atoms. The van der Waals surface area contributed by atoms with Crippen LogP contribution < -0.4 is 0 Å². The first kappa shape index (κ1) is 7.22. The fraction of sp³-hybridized carbons (Fsp3) is 1.00. The molecule has 43 valence electrons. The second-order valence-electron chi connectivity index (χ2n) is 2.68. The highest BCUT2D eigenvalue weighted by Gasteiger charge is 1.97. The van der Waals surface area contributed by atoms with E-state index in [9.17, 15) is 0 Å². The van der Waals surface area contributed by atoms with E-state index in [0.29, 0.717) is 9.52 Å². The zero-order valence-corrected chi connectivity index (χ0v) is 6.89. The predicted octanol–water partition coefficient (Wildman–Crippen LogP) is 2.08. The molecule has 0 atom stereocenters. The van der Waals surface area contributed by atoms with Gasteiger partial charge in [0, 0.05) is 9.52 Å². The first-order valence-electron chi connectivity index (χ1n) is 2.98. The second kappa shape index (κ2) is 3.25. The molecule has 0 rings (SSSR count). The lowest BCUT2D eigenvalue weighted by Gasteiger charge is -2.04. The Morgan fingerprint density at radius 3 is 1.14 bits per heavy atom. The Hall–Kier alpha value is 0.217. The lowest BCUT2D eigenvalue weighted by molar-refractivity contribution is 0.971. The Bertz CT molecular complexity index is 33.4. The molecule has 0 aromatic heterocycles. The Morgan fingerprint density at radius 1 is 0.857 bits per heavy atom. The van der Waals surface area contributed by atoms with Crippen molar-refractivity contribution in [2.75, 3.05) is 0 Å². The van der Waals surface area contributed by atoms with Crippen LogP contribution in [-0.2, 0) is 0 Å². The summed E-state index contributed by atoms with van der Waals surface area (Å²) in [6, 6.07) is 0. The van der Waals surface area contributed by atoms with Gasteiger partial charge in [0.25, 0.3) is 0 Å².